The van der Waals surface area contributed by atoms with Crippen LogP contribution in [0.15, 0.2) is 84.8 Å². The van der Waals surface area contributed by atoms with Gasteiger partial charge in [-0.15, -0.1) is 5.53 Å². The van der Waals surface area contributed by atoms with Crippen LogP contribution >= 0.6 is 11.6 Å². The third-order valence-electron chi connectivity index (χ3n) is 7.78. The molecule has 1 saturated carbocycles. The van der Waals surface area contributed by atoms with Crippen molar-refractivity contribution in [2.75, 3.05) is 24.4 Å². The van der Waals surface area contributed by atoms with Gasteiger partial charge in [0.15, 0.2) is 0 Å². The summed E-state index contributed by atoms with van der Waals surface area (Å²) in [6.45, 7) is 0.386. The predicted octanol–water partition coefficient (Wildman–Crippen LogP) is 4.93. The minimum Gasteiger partial charge on any atom is -0.382 e. The first-order chi connectivity index (χ1) is 20.4. The zero-order valence-electron chi connectivity index (χ0n) is 23.3. The number of pyridine rings is 1. The first-order valence-electron chi connectivity index (χ1n) is 13.8. The highest BCUT2D eigenvalue weighted by atomic mass is 35.5. The SMILES string of the molecule is B[C@@](Nc1cc(Cl)c2ncc(C#N)c(N[C@H](COC)c3ccccc3)c2c1)(C1=CN(C2CC2)NN1)c1ccc(F)cc1. The number of hydrogen-bond acceptors (Lipinski definition) is 8. The van der Waals surface area contributed by atoms with Gasteiger partial charge in [0.1, 0.15) is 19.7 Å². The maximum Gasteiger partial charge on any atom is 0.148 e. The number of fused-ring (bicyclic) bond motifs is 1. The molecular formula is C31H30BClFN7O. The number of aromatic nitrogens is 1. The molecule has 0 unspecified atom stereocenters. The highest BCUT2D eigenvalue weighted by Gasteiger charge is 2.38. The lowest BCUT2D eigenvalue weighted by Crippen LogP contribution is -2.45. The Balaban J connectivity index is 1.44. The number of nitrogens with zero attached hydrogens (tertiary/aromatic N) is 3. The van der Waals surface area contributed by atoms with Gasteiger partial charge in [0.25, 0.3) is 0 Å². The third-order valence-corrected chi connectivity index (χ3v) is 8.07. The van der Waals surface area contributed by atoms with Crippen LogP contribution < -0.4 is 21.6 Å². The number of hydrazine groups is 2. The van der Waals surface area contributed by atoms with E-state index >= 15 is 0 Å². The van der Waals surface area contributed by atoms with Crippen LogP contribution in [-0.2, 0) is 10.2 Å². The summed E-state index contributed by atoms with van der Waals surface area (Å²) >= 11 is 6.83. The number of rotatable bonds is 10. The molecular weight excluding hydrogens is 552 g/mol. The highest BCUT2D eigenvalue weighted by Crippen LogP contribution is 2.39. The minimum atomic E-state index is -0.794. The van der Waals surface area contributed by atoms with E-state index in [0.717, 1.165) is 29.7 Å². The summed E-state index contributed by atoms with van der Waals surface area (Å²) in [7, 11) is 3.68. The van der Waals surface area contributed by atoms with E-state index in [-0.39, 0.29) is 11.9 Å². The van der Waals surface area contributed by atoms with Crippen molar-refractivity contribution in [1.29, 1.82) is 5.26 Å². The fourth-order valence-electron chi connectivity index (χ4n) is 5.32. The van der Waals surface area contributed by atoms with Gasteiger partial charge in [-0.3, -0.25) is 9.99 Å². The molecule has 0 amide bonds. The van der Waals surface area contributed by atoms with Gasteiger partial charge in [-0.2, -0.15) is 5.26 Å². The van der Waals surface area contributed by atoms with Gasteiger partial charge in [0.2, 0.25) is 0 Å². The summed E-state index contributed by atoms with van der Waals surface area (Å²) in [6.07, 6.45) is 5.83. The fourth-order valence-corrected chi connectivity index (χ4v) is 5.59. The van der Waals surface area contributed by atoms with Crippen molar-refractivity contribution in [3.63, 3.8) is 0 Å². The van der Waals surface area contributed by atoms with E-state index in [4.69, 9.17) is 16.3 Å². The lowest BCUT2D eigenvalue weighted by molar-refractivity contribution is 0.186. The summed E-state index contributed by atoms with van der Waals surface area (Å²) in [5.74, 6) is -0.309. The Labute approximate surface area is 249 Å². The molecule has 4 N–H and O–H groups in total. The summed E-state index contributed by atoms with van der Waals surface area (Å²) in [4.78, 5) is 4.52. The molecule has 0 bridgehead atoms. The van der Waals surface area contributed by atoms with Crippen LogP contribution in [0, 0.1) is 17.1 Å². The average molecular weight is 582 g/mol. The van der Waals surface area contributed by atoms with Gasteiger partial charge in [-0.05, 0) is 48.2 Å². The molecule has 2 aliphatic rings. The molecule has 1 fully saturated rings. The number of benzene rings is 3. The van der Waals surface area contributed by atoms with E-state index in [2.05, 4.69) is 37.7 Å². The van der Waals surface area contributed by atoms with Gasteiger partial charge in [0, 0.05) is 36.6 Å². The van der Waals surface area contributed by atoms with Gasteiger partial charge < -0.3 is 20.8 Å². The predicted molar refractivity (Wildman–Crippen MR) is 166 cm³/mol. The van der Waals surface area contributed by atoms with Crippen molar-refractivity contribution in [2.24, 2.45) is 0 Å². The summed E-state index contributed by atoms with van der Waals surface area (Å²) in [6, 6.07) is 22.6. The number of halogens is 2. The number of ether oxygens (including phenoxy) is 1. The van der Waals surface area contributed by atoms with Crippen molar-refractivity contribution in [1.82, 2.24) is 21.0 Å². The van der Waals surface area contributed by atoms with Crippen LogP contribution in [0.4, 0.5) is 15.8 Å². The molecule has 11 heteroatoms. The normalized spacial score (nSPS) is 16.7. The highest BCUT2D eigenvalue weighted by molar-refractivity contribution is 6.36. The van der Waals surface area contributed by atoms with Crippen LogP contribution in [0.5, 0.6) is 0 Å². The molecule has 1 aliphatic carbocycles. The van der Waals surface area contributed by atoms with Gasteiger partial charge in [0.05, 0.1) is 45.6 Å². The molecule has 0 radical (unpaired) electrons. The quantitative estimate of drug-likeness (QED) is 0.196. The standard InChI is InChI=1S/C31H30BClFN7O/c1-42-18-27(19-5-3-2-4-6-19)37-29-20(15-35)16-36-30-25(29)13-23(14-26(30)33)38-31(32,21-7-9-22(34)10-8-21)28-17-41(40-39-28)24-11-12-24/h2-10,13-14,16-17,24,27,38-40H,11-12,18,32H2,1H3,(H,36,37)/t27-,31+/m1/s1. The smallest absolute Gasteiger partial charge is 0.148 e. The number of anilines is 2. The average Bonchev–Trinajstić information content (AvgIpc) is 3.73. The van der Waals surface area contributed by atoms with Crippen molar-refractivity contribution in [3.8, 4) is 6.07 Å². The maximum absolute atomic E-state index is 13.9. The third kappa shape index (κ3) is 5.47. The van der Waals surface area contributed by atoms with Crippen LogP contribution in [-0.4, -0.2) is 37.6 Å². The monoisotopic (exact) mass is 581 g/mol. The minimum absolute atomic E-state index is 0.221. The zero-order chi connectivity index (χ0) is 29.3. The summed E-state index contributed by atoms with van der Waals surface area (Å²) < 4.78 is 19.5. The van der Waals surface area contributed by atoms with Crippen LogP contribution in [0.1, 0.15) is 35.6 Å². The van der Waals surface area contributed by atoms with Gasteiger partial charge >= 0.3 is 0 Å². The Hall–Kier alpha value is -4.30. The van der Waals surface area contributed by atoms with E-state index in [1.807, 2.05) is 56.5 Å². The van der Waals surface area contributed by atoms with E-state index < -0.39 is 5.44 Å². The second kappa shape index (κ2) is 11.5. The maximum atomic E-state index is 13.9. The number of nitrogens with one attached hydrogen (secondary N) is 4. The van der Waals surface area contributed by atoms with E-state index in [9.17, 15) is 9.65 Å². The Morgan fingerprint density at radius 1 is 1.21 bits per heavy atom. The fraction of sp³-hybridized carbons (Fsp3) is 0.226. The van der Waals surface area contributed by atoms with Crippen LogP contribution in [0.3, 0.4) is 0 Å². The molecule has 1 aromatic heterocycles. The number of methoxy groups -OCH3 is 1. The molecule has 0 spiro atoms. The summed E-state index contributed by atoms with van der Waals surface area (Å²) in [5.41, 5.74) is 10.8. The van der Waals surface area contributed by atoms with Gasteiger partial charge in [-0.1, -0.05) is 54.1 Å². The number of nitriles is 1. The molecule has 8 nitrogen and oxygen atoms in total. The molecule has 4 aromatic rings. The first-order valence-corrected chi connectivity index (χ1v) is 14.2. The molecule has 2 atom stereocenters. The Morgan fingerprint density at radius 2 is 1.98 bits per heavy atom. The lowest BCUT2D eigenvalue weighted by Gasteiger charge is -2.34. The molecule has 2 heterocycles. The lowest BCUT2D eigenvalue weighted by atomic mass is 9.69. The van der Waals surface area contributed by atoms with E-state index in [1.54, 1.807) is 19.2 Å². The Bertz CT molecular complexity index is 1680. The van der Waals surface area contributed by atoms with Crippen LogP contribution in [0.25, 0.3) is 10.9 Å². The van der Waals surface area contributed by atoms with E-state index in [0.29, 0.717) is 45.5 Å². The Morgan fingerprint density at radius 3 is 2.67 bits per heavy atom. The molecule has 1 aliphatic heterocycles. The molecule has 212 valence electrons. The van der Waals surface area contributed by atoms with Gasteiger partial charge in [-0.25, -0.2) is 4.39 Å². The number of hydrogen-bond donors (Lipinski definition) is 4. The molecule has 3 aromatic carbocycles. The van der Waals surface area contributed by atoms with E-state index in [1.165, 1.54) is 18.3 Å². The molecule has 0 saturated heterocycles. The molecule has 42 heavy (non-hydrogen) atoms. The summed E-state index contributed by atoms with van der Waals surface area (Å²) in [5, 5.41) is 20.4. The largest absolute Gasteiger partial charge is 0.382 e. The molecule has 6 rings (SSSR count). The van der Waals surface area contributed by atoms with Crippen molar-refractivity contribution in [3.05, 3.63) is 112 Å². The van der Waals surface area contributed by atoms with Crippen molar-refractivity contribution in [2.45, 2.75) is 30.4 Å². The Kier molecular flexibility index (Phi) is 7.65. The zero-order valence-corrected chi connectivity index (χ0v) is 24.0. The second-order valence-corrected chi connectivity index (χ2v) is 11.2. The van der Waals surface area contributed by atoms with Crippen molar-refractivity contribution >= 4 is 41.7 Å². The second-order valence-electron chi connectivity index (χ2n) is 10.8. The van der Waals surface area contributed by atoms with Crippen LogP contribution in [0.2, 0.25) is 5.02 Å². The van der Waals surface area contributed by atoms with Crippen molar-refractivity contribution < 1.29 is 9.13 Å². The first kappa shape index (κ1) is 27.9. The topological polar surface area (TPSA) is 97.3 Å².